The van der Waals surface area contributed by atoms with E-state index in [2.05, 4.69) is 10.6 Å². The molecule has 1 rings (SSSR count). The molecule has 0 saturated heterocycles. The van der Waals surface area contributed by atoms with Crippen molar-refractivity contribution in [2.24, 2.45) is 0 Å². The van der Waals surface area contributed by atoms with Gasteiger partial charge in [0, 0.05) is 18.3 Å². The number of carboxylic acids is 1. The maximum atomic E-state index is 11.7. The van der Waals surface area contributed by atoms with Gasteiger partial charge in [-0.3, -0.25) is 0 Å². The number of nitrogens with one attached hydrogen (secondary N) is 2. The smallest absolute Gasteiger partial charge is 0.335 e. The SMILES string of the molecule is CCC(CSC)NC(=O)NCCc1ccccc1C(=O)O. The largest absolute Gasteiger partial charge is 0.478 e. The number of benzene rings is 1. The molecule has 0 aliphatic heterocycles. The van der Waals surface area contributed by atoms with E-state index >= 15 is 0 Å². The zero-order valence-corrected chi connectivity index (χ0v) is 13.2. The van der Waals surface area contributed by atoms with Gasteiger partial charge < -0.3 is 15.7 Å². The van der Waals surface area contributed by atoms with E-state index in [-0.39, 0.29) is 17.6 Å². The van der Waals surface area contributed by atoms with Gasteiger partial charge in [0.1, 0.15) is 0 Å². The van der Waals surface area contributed by atoms with Crippen LogP contribution in [0.5, 0.6) is 0 Å². The van der Waals surface area contributed by atoms with Crippen LogP contribution in [0.15, 0.2) is 24.3 Å². The number of carboxylic acid groups (broad SMARTS) is 1. The molecule has 6 heteroatoms. The molecule has 0 aliphatic carbocycles. The van der Waals surface area contributed by atoms with Crippen LogP contribution in [0, 0.1) is 0 Å². The summed E-state index contributed by atoms with van der Waals surface area (Å²) in [5.74, 6) is -0.0627. The lowest BCUT2D eigenvalue weighted by Crippen LogP contribution is -2.43. The summed E-state index contributed by atoms with van der Waals surface area (Å²) in [6, 6.07) is 6.79. The summed E-state index contributed by atoms with van der Waals surface area (Å²) in [7, 11) is 0. The van der Waals surface area contributed by atoms with Crippen molar-refractivity contribution in [2.75, 3.05) is 18.6 Å². The van der Waals surface area contributed by atoms with Crippen LogP contribution in [0.1, 0.15) is 29.3 Å². The molecule has 21 heavy (non-hydrogen) atoms. The van der Waals surface area contributed by atoms with Crippen LogP contribution in [0.2, 0.25) is 0 Å². The van der Waals surface area contributed by atoms with E-state index in [0.29, 0.717) is 13.0 Å². The molecular weight excluding hydrogens is 288 g/mol. The molecule has 1 unspecified atom stereocenters. The predicted octanol–water partition coefficient (Wildman–Crippen LogP) is 2.37. The normalized spacial score (nSPS) is 11.7. The lowest BCUT2D eigenvalue weighted by atomic mass is 10.0. The summed E-state index contributed by atoms with van der Waals surface area (Å²) in [5.41, 5.74) is 1.01. The van der Waals surface area contributed by atoms with Gasteiger partial charge in [0.05, 0.1) is 5.56 Å². The Morgan fingerprint density at radius 3 is 2.67 bits per heavy atom. The van der Waals surface area contributed by atoms with Crippen molar-refractivity contribution in [1.29, 1.82) is 0 Å². The first-order valence-electron chi connectivity index (χ1n) is 6.93. The van der Waals surface area contributed by atoms with Gasteiger partial charge >= 0.3 is 12.0 Å². The fourth-order valence-corrected chi connectivity index (χ4v) is 2.68. The molecule has 0 fully saturated rings. The maximum absolute atomic E-state index is 11.7. The molecule has 2 amide bonds. The number of hydrogen-bond acceptors (Lipinski definition) is 3. The van der Waals surface area contributed by atoms with E-state index in [1.54, 1.807) is 36.0 Å². The van der Waals surface area contributed by atoms with Gasteiger partial charge in [-0.15, -0.1) is 0 Å². The van der Waals surface area contributed by atoms with Crippen LogP contribution in [0.25, 0.3) is 0 Å². The van der Waals surface area contributed by atoms with Gasteiger partial charge in [-0.2, -0.15) is 11.8 Å². The molecule has 1 aromatic rings. The highest BCUT2D eigenvalue weighted by molar-refractivity contribution is 7.98. The zero-order valence-electron chi connectivity index (χ0n) is 12.4. The minimum absolute atomic E-state index is 0.159. The summed E-state index contributed by atoms with van der Waals surface area (Å²) in [4.78, 5) is 22.8. The van der Waals surface area contributed by atoms with Crippen molar-refractivity contribution < 1.29 is 14.7 Å². The standard InChI is InChI=1S/C15H22N2O3S/c1-3-12(10-21-2)17-15(20)16-9-8-11-6-4-5-7-13(11)14(18)19/h4-7,12H,3,8-10H2,1-2H3,(H,18,19)(H2,16,17,20). The molecular formula is C15H22N2O3S. The number of thioether (sulfide) groups is 1. The van der Waals surface area contributed by atoms with Crippen LogP contribution in [-0.2, 0) is 6.42 Å². The van der Waals surface area contributed by atoms with Crippen molar-refractivity contribution in [2.45, 2.75) is 25.8 Å². The number of urea groups is 1. The lowest BCUT2D eigenvalue weighted by Gasteiger charge is -2.16. The van der Waals surface area contributed by atoms with Gasteiger partial charge in [0.15, 0.2) is 0 Å². The topological polar surface area (TPSA) is 78.4 Å². The Labute approximate surface area is 129 Å². The molecule has 1 aromatic carbocycles. The second-order valence-electron chi connectivity index (χ2n) is 4.67. The summed E-state index contributed by atoms with van der Waals surface area (Å²) >= 11 is 1.69. The molecule has 116 valence electrons. The molecule has 0 radical (unpaired) electrons. The predicted molar refractivity (Wildman–Crippen MR) is 86.1 cm³/mol. The fourth-order valence-electron chi connectivity index (χ4n) is 1.96. The molecule has 0 heterocycles. The molecule has 0 spiro atoms. The Morgan fingerprint density at radius 1 is 1.33 bits per heavy atom. The van der Waals surface area contributed by atoms with Crippen molar-refractivity contribution in [3.63, 3.8) is 0 Å². The third-order valence-electron chi connectivity index (χ3n) is 3.12. The summed E-state index contributed by atoms with van der Waals surface area (Å²) in [6.45, 7) is 2.44. The summed E-state index contributed by atoms with van der Waals surface area (Å²) in [5, 5.41) is 14.8. The van der Waals surface area contributed by atoms with Crippen molar-refractivity contribution in [3.8, 4) is 0 Å². The molecule has 5 nitrogen and oxygen atoms in total. The Morgan fingerprint density at radius 2 is 2.05 bits per heavy atom. The summed E-state index contributed by atoms with van der Waals surface area (Å²) in [6.07, 6.45) is 3.39. The highest BCUT2D eigenvalue weighted by Gasteiger charge is 2.11. The van der Waals surface area contributed by atoms with Gasteiger partial charge in [-0.05, 0) is 30.7 Å². The number of hydrogen-bond donors (Lipinski definition) is 3. The fraction of sp³-hybridized carbons (Fsp3) is 0.467. The molecule has 0 bridgehead atoms. The zero-order chi connectivity index (χ0) is 15.7. The Balaban J connectivity index is 2.43. The molecule has 0 aromatic heterocycles. The highest BCUT2D eigenvalue weighted by atomic mass is 32.2. The van der Waals surface area contributed by atoms with Crippen LogP contribution >= 0.6 is 11.8 Å². The number of carbonyl (C=O) groups excluding carboxylic acids is 1. The lowest BCUT2D eigenvalue weighted by molar-refractivity contribution is 0.0695. The van der Waals surface area contributed by atoms with E-state index in [1.807, 2.05) is 13.2 Å². The quantitative estimate of drug-likeness (QED) is 0.689. The first kappa shape index (κ1) is 17.4. The Bertz CT molecular complexity index is 480. The van der Waals surface area contributed by atoms with Crippen molar-refractivity contribution in [1.82, 2.24) is 10.6 Å². The van der Waals surface area contributed by atoms with Crippen molar-refractivity contribution >= 4 is 23.8 Å². The Hall–Kier alpha value is -1.69. The molecule has 1 atom stereocenters. The second-order valence-corrected chi connectivity index (χ2v) is 5.58. The number of amides is 2. The van der Waals surface area contributed by atoms with E-state index in [0.717, 1.165) is 17.7 Å². The second kappa shape index (κ2) is 9.28. The molecule has 0 aliphatic rings. The van der Waals surface area contributed by atoms with Gasteiger partial charge in [0.25, 0.3) is 0 Å². The molecule has 0 saturated carbocycles. The summed E-state index contributed by atoms with van der Waals surface area (Å²) < 4.78 is 0. The van der Waals surface area contributed by atoms with Gasteiger partial charge in [-0.25, -0.2) is 9.59 Å². The van der Waals surface area contributed by atoms with Crippen LogP contribution < -0.4 is 10.6 Å². The average Bonchev–Trinajstić information content (AvgIpc) is 2.47. The minimum Gasteiger partial charge on any atom is -0.478 e. The first-order chi connectivity index (χ1) is 10.1. The van der Waals surface area contributed by atoms with E-state index in [9.17, 15) is 9.59 Å². The van der Waals surface area contributed by atoms with Crippen LogP contribution in [0.3, 0.4) is 0 Å². The van der Waals surface area contributed by atoms with Crippen LogP contribution in [-0.4, -0.2) is 41.7 Å². The van der Waals surface area contributed by atoms with Crippen molar-refractivity contribution in [3.05, 3.63) is 35.4 Å². The third-order valence-corrected chi connectivity index (χ3v) is 3.86. The van der Waals surface area contributed by atoms with Gasteiger partial charge in [-0.1, -0.05) is 25.1 Å². The number of aromatic carboxylic acids is 1. The number of carbonyl (C=O) groups is 2. The highest BCUT2D eigenvalue weighted by Crippen LogP contribution is 2.09. The van der Waals surface area contributed by atoms with E-state index < -0.39 is 5.97 Å². The first-order valence-corrected chi connectivity index (χ1v) is 8.32. The molecule has 3 N–H and O–H groups in total. The van der Waals surface area contributed by atoms with E-state index in [4.69, 9.17) is 5.11 Å². The minimum atomic E-state index is -0.943. The monoisotopic (exact) mass is 310 g/mol. The van der Waals surface area contributed by atoms with Gasteiger partial charge in [0.2, 0.25) is 0 Å². The Kier molecular flexibility index (Phi) is 7.68. The average molecular weight is 310 g/mol. The number of rotatable bonds is 8. The maximum Gasteiger partial charge on any atom is 0.335 e. The third kappa shape index (κ3) is 6.08. The van der Waals surface area contributed by atoms with Crippen LogP contribution in [0.4, 0.5) is 4.79 Å². The van der Waals surface area contributed by atoms with E-state index in [1.165, 1.54) is 0 Å².